The Labute approximate surface area is 266 Å². The highest BCUT2D eigenvalue weighted by Gasteiger charge is 2.33. The standard InChI is InChI=1S/2C17H25N3O.C2H6/c1-12(2)14-7-6-13-11-20(10-8-15(13)18-14)17(21)16-5-4-9-19(16)3;1-13(2)15-6-5-14-11-20(10-7-16(14)18-15)17(21)12-19-8-3-4-9-19;1-2/h6-7,12,16H,4-5,8-11H2,1-3H3;5-6,13H,3-4,7-12H2,1-2H3;1-2H3. The molecule has 4 aliphatic heterocycles. The number of hydrogen-bond acceptors (Lipinski definition) is 6. The predicted molar refractivity (Wildman–Crippen MR) is 178 cm³/mol. The first-order chi connectivity index (χ1) is 21.2. The normalized spacial score (nSPS) is 20.1. The molecule has 44 heavy (non-hydrogen) atoms. The lowest BCUT2D eigenvalue weighted by Crippen LogP contribution is -2.46. The number of pyridine rings is 2. The highest BCUT2D eigenvalue weighted by Crippen LogP contribution is 2.25. The fourth-order valence-corrected chi connectivity index (χ4v) is 6.58. The number of carbonyl (C=O) groups excluding carboxylic acids is 2. The number of hydrogen-bond donors (Lipinski definition) is 0. The quantitative estimate of drug-likeness (QED) is 0.456. The van der Waals surface area contributed by atoms with E-state index >= 15 is 0 Å². The van der Waals surface area contributed by atoms with Gasteiger partial charge in [0.1, 0.15) is 0 Å². The molecular formula is C36H56N6O2. The Bertz CT molecular complexity index is 1260. The van der Waals surface area contributed by atoms with Crippen LogP contribution in [0.2, 0.25) is 0 Å². The number of amides is 2. The third kappa shape index (κ3) is 8.45. The molecule has 0 N–H and O–H groups in total. The van der Waals surface area contributed by atoms with E-state index in [1.807, 2.05) is 23.6 Å². The van der Waals surface area contributed by atoms with E-state index in [2.05, 4.69) is 68.8 Å². The SMILES string of the molecule is CC.CC(C)c1ccc2c(n1)CCN(C(=O)C1CCCN1C)C2.CC(C)c1ccc2c(n1)CCN(C(=O)CN1CCCC1)C2. The van der Waals surface area contributed by atoms with Crippen LogP contribution in [0.4, 0.5) is 0 Å². The summed E-state index contributed by atoms with van der Waals surface area (Å²) < 4.78 is 0. The molecule has 0 saturated carbocycles. The van der Waals surface area contributed by atoms with Gasteiger partial charge in [-0.15, -0.1) is 0 Å². The van der Waals surface area contributed by atoms with Crippen molar-refractivity contribution in [3.05, 3.63) is 58.2 Å². The van der Waals surface area contributed by atoms with Crippen LogP contribution in [0.5, 0.6) is 0 Å². The summed E-state index contributed by atoms with van der Waals surface area (Å²) in [6, 6.07) is 8.63. The lowest BCUT2D eigenvalue weighted by Gasteiger charge is -2.32. The van der Waals surface area contributed by atoms with Crippen molar-refractivity contribution >= 4 is 11.8 Å². The molecular weight excluding hydrogens is 548 g/mol. The second-order valence-electron chi connectivity index (χ2n) is 13.2. The van der Waals surface area contributed by atoms with E-state index in [0.29, 0.717) is 24.3 Å². The zero-order valence-corrected chi connectivity index (χ0v) is 28.4. The van der Waals surface area contributed by atoms with Crippen molar-refractivity contribution in [1.82, 2.24) is 29.6 Å². The van der Waals surface area contributed by atoms with Crippen LogP contribution in [-0.2, 0) is 35.5 Å². The highest BCUT2D eigenvalue weighted by atomic mass is 16.2. The van der Waals surface area contributed by atoms with Gasteiger partial charge in [-0.05, 0) is 87.5 Å². The number of aromatic nitrogens is 2. The van der Waals surface area contributed by atoms with Crippen molar-refractivity contribution in [2.45, 2.75) is 111 Å². The molecule has 0 spiro atoms. The van der Waals surface area contributed by atoms with Gasteiger partial charge >= 0.3 is 0 Å². The molecule has 2 fully saturated rings. The van der Waals surface area contributed by atoms with Gasteiger partial charge in [0, 0.05) is 61.8 Å². The van der Waals surface area contributed by atoms with Gasteiger partial charge in [0.05, 0.1) is 12.6 Å². The van der Waals surface area contributed by atoms with Gasteiger partial charge in [0.25, 0.3) is 0 Å². The van der Waals surface area contributed by atoms with Crippen LogP contribution < -0.4 is 0 Å². The van der Waals surface area contributed by atoms with Gasteiger partial charge in [-0.2, -0.15) is 0 Å². The van der Waals surface area contributed by atoms with E-state index in [1.165, 1.54) is 35.4 Å². The third-order valence-corrected chi connectivity index (χ3v) is 9.35. The molecule has 1 atom stereocenters. The average molecular weight is 605 g/mol. The van der Waals surface area contributed by atoms with Gasteiger partial charge < -0.3 is 9.80 Å². The summed E-state index contributed by atoms with van der Waals surface area (Å²) >= 11 is 0. The second-order valence-corrected chi connectivity index (χ2v) is 13.2. The first kappa shape index (κ1) is 34.0. The molecule has 0 aliphatic carbocycles. The predicted octanol–water partition coefficient (Wildman–Crippen LogP) is 5.40. The summed E-state index contributed by atoms with van der Waals surface area (Å²) in [6.07, 6.45) is 6.38. The number of fused-ring (bicyclic) bond motifs is 2. The second kappa shape index (κ2) is 15.9. The molecule has 0 radical (unpaired) electrons. The fourth-order valence-electron chi connectivity index (χ4n) is 6.58. The number of likely N-dealkylation sites (N-methyl/N-ethyl adjacent to an activating group) is 1. The monoisotopic (exact) mass is 604 g/mol. The molecule has 2 aromatic rings. The summed E-state index contributed by atoms with van der Waals surface area (Å²) in [4.78, 5) is 43.1. The van der Waals surface area contributed by atoms with E-state index in [9.17, 15) is 9.59 Å². The minimum Gasteiger partial charge on any atom is -0.337 e. The van der Waals surface area contributed by atoms with Crippen molar-refractivity contribution in [2.24, 2.45) is 0 Å². The zero-order chi connectivity index (χ0) is 31.8. The van der Waals surface area contributed by atoms with E-state index in [1.54, 1.807) is 0 Å². The van der Waals surface area contributed by atoms with Crippen LogP contribution in [0, 0.1) is 0 Å². The number of rotatable bonds is 5. The minimum atomic E-state index is 0.0921. The van der Waals surface area contributed by atoms with E-state index in [0.717, 1.165) is 82.9 Å². The maximum absolute atomic E-state index is 12.7. The van der Waals surface area contributed by atoms with Crippen LogP contribution in [0.25, 0.3) is 0 Å². The van der Waals surface area contributed by atoms with Crippen LogP contribution in [0.1, 0.15) is 113 Å². The molecule has 242 valence electrons. The Morgan fingerprint density at radius 2 is 1.27 bits per heavy atom. The molecule has 8 heteroatoms. The molecule has 6 rings (SSSR count). The molecule has 1 unspecified atom stereocenters. The lowest BCUT2D eigenvalue weighted by molar-refractivity contribution is -0.136. The Hall–Kier alpha value is -2.84. The smallest absolute Gasteiger partial charge is 0.240 e. The van der Waals surface area contributed by atoms with Crippen LogP contribution >= 0.6 is 0 Å². The number of nitrogens with zero attached hydrogens (tertiary/aromatic N) is 6. The average Bonchev–Trinajstić information content (AvgIpc) is 3.72. The van der Waals surface area contributed by atoms with Crippen molar-refractivity contribution in [1.29, 1.82) is 0 Å². The largest absolute Gasteiger partial charge is 0.337 e. The number of likely N-dealkylation sites (tertiary alicyclic amines) is 2. The summed E-state index contributed by atoms with van der Waals surface area (Å²) in [7, 11) is 2.06. The molecule has 2 saturated heterocycles. The minimum absolute atomic E-state index is 0.0921. The molecule has 4 aliphatic rings. The Kier molecular flexibility index (Phi) is 12.3. The Morgan fingerprint density at radius 3 is 1.77 bits per heavy atom. The molecule has 2 aromatic heterocycles. The Balaban J connectivity index is 0.000000190. The van der Waals surface area contributed by atoms with Crippen molar-refractivity contribution < 1.29 is 9.59 Å². The fraction of sp³-hybridized carbons (Fsp3) is 0.667. The van der Waals surface area contributed by atoms with Crippen LogP contribution in [0.3, 0.4) is 0 Å². The Morgan fingerprint density at radius 1 is 0.750 bits per heavy atom. The van der Waals surface area contributed by atoms with Gasteiger partial charge in [0.2, 0.25) is 11.8 Å². The van der Waals surface area contributed by atoms with Gasteiger partial charge in [-0.25, -0.2) is 0 Å². The molecule has 0 bridgehead atoms. The molecule has 2 amide bonds. The van der Waals surface area contributed by atoms with E-state index in [4.69, 9.17) is 9.97 Å². The summed E-state index contributed by atoms with van der Waals surface area (Å²) in [6.45, 7) is 19.5. The first-order valence-corrected chi connectivity index (χ1v) is 17.2. The zero-order valence-electron chi connectivity index (χ0n) is 28.4. The van der Waals surface area contributed by atoms with E-state index in [-0.39, 0.29) is 11.9 Å². The topological polar surface area (TPSA) is 72.9 Å². The number of carbonyl (C=O) groups is 2. The van der Waals surface area contributed by atoms with Gasteiger partial charge in [-0.3, -0.25) is 29.4 Å². The van der Waals surface area contributed by atoms with Crippen LogP contribution in [-0.4, -0.2) is 93.7 Å². The van der Waals surface area contributed by atoms with Gasteiger partial charge in [-0.1, -0.05) is 53.7 Å². The van der Waals surface area contributed by atoms with Crippen molar-refractivity contribution in [2.75, 3.05) is 46.3 Å². The maximum atomic E-state index is 12.7. The molecule has 8 nitrogen and oxygen atoms in total. The molecule has 0 aromatic carbocycles. The maximum Gasteiger partial charge on any atom is 0.240 e. The summed E-state index contributed by atoms with van der Waals surface area (Å²) in [5.41, 5.74) is 7.13. The van der Waals surface area contributed by atoms with Gasteiger partial charge in [0.15, 0.2) is 0 Å². The van der Waals surface area contributed by atoms with Crippen molar-refractivity contribution in [3.8, 4) is 0 Å². The lowest BCUT2D eigenvalue weighted by atomic mass is 10.0. The van der Waals surface area contributed by atoms with E-state index < -0.39 is 0 Å². The summed E-state index contributed by atoms with van der Waals surface area (Å²) in [5, 5.41) is 0. The van der Waals surface area contributed by atoms with Crippen molar-refractivity contribution in [3.63, 3.8) is 0 Å². The molecule has 6 heterocycles. The first-order valence-electron chi connectivity index (χ1n) is 17.2. The third-order valence-electron chi connectivity index (χ3n) is 9.35. The van der Waals surface area contributed by atoms with Crippen LogP contribution in [0.15, 0.2) is 24.3 Å². The summed E-state index contributed by atoms with van der Waals surface area (Å²) in [5.74, 6) is 1.50. The highest BCUT2D eigenvalue weighted by molar-refractivity contribution is 5.82.